The van der Waals surface area contributed by atoms with Crippen LogP contribution in [-0.2, 0) is 15.3 Å². The Morgan fingerprint density at radius 1 is 1.18 bits per heavy atom. The number of hydrogen-bond donors (Lipinski definition) is 0. The van der Waals surface area contributed by atoms with Gasteiger partial charge in [0, 0.05) is 30.9 Å². The van der Waals surface area contributed by atoms with Crippen molar-refractivity contribution in [2.45, 2.75) is 12.7 Å². The number of fused-ring (bicyclic) bond motifs is 1. The average Bonchev–Trinajstić information content (AvgIpc) is 2.38. The molecule has 0 aliphatic heterocycles. The molecule has 0 unspecified atom stereocenters. The minimum absolute atomic E-state index is 0.00259. The topological polar surface area (TPSA) is 35.5 Å². The van der Waals surface area contributed by atoms with Gasteiger partial charge >= 0.3 is 0 Å². The number of allylic oxidation sites excluding steroid dienone is 1. The van der Waals surface area contributed by atoms with Crippen LogP contribution in [0.1, 0.15) is 22.8 Å². The minimum atomic E-state index is -1.02. The molecule has 0 atom stereocenters. The summed E-state index contributed by atoms with van der Waals surface area (Å²) >= 11 is 3.42. The molecule has 0 saturated heterocycles. The third-order valence-corrected chi connectivity index (χ3v) is 4.18. The van der Waals surface area contributed by atoms with E-state index >= 15 is 0 Å². The molecule has 1 aliphatic rings. The first-order valence-electron chi connectivity index (χ1n) is 5.20. The predicted octanol–water partition coefficient (Wildman–Crippen LogP) is 3.00. The zero-order chi connectivity index (χ0) is 12.6. The van der Waals surface area contributed by atoms with Gasteiger partial charge in [0.05, 0.1) is 4.48 Å². The van der Waals surface area contributed by atoms with Gasteiger partial charge in [0.15, 0.2) is 5.78 Å². The van der Waals surface area contributed by atoms with Gasteiger partial charge in [-0.25, -0.2) is 0 Å². The molecule has 1 aromatic rings. The van der Waals surface area contributed by atoms with E-state index in [1.165, 1.54) is 0 Å². The Labute approximate surface area is 109 Å². The number of ether oxygens (including phenoxy) is 2. The largest absolute Gasteiger partial charge is 0.345 e. The molecule has 2 rings (SSSR count). The Balaban J connectivity index is 2.78. The van der Waals surface area contributed by atoms with Gasteiger partial charge in [-0.05, 0) is 22.9 Å². The van der Waals surface area contributed by atoms with Crippen LogP contribution in [0.3, 0.4) is 0 Å². The van der Waals surface area contributed by atoms with Crippen molar-refractivity contribution in [3.63, 3.8) is 0 Å². The smallest absolute Gasteiger partial charge is 0.229 e. The number of carbonyl (C=O) groups excluding carboxylic acids is 1. The molecule has 0 radical (unpaired) electrons. The van der Waals surface area contributed by atoms with Crippen LogP contribution in [0.2, 0.25) is 0 Å². The monoisotopic (exact) mass is 296 g/mol. The zero-order valence-corrected chi connectivity index (χ0v) is 11.5. The average molecular weight is 297 g/mol. The number of Topliss-reactive ketones (excluding diaryl/α,β-unsaturated/α-hetero) is 1. The van der Waals surface area contributed by atoms with Crippen molar-refractivity contribution in [1.29, 1.82) is 0 Å². The number of halogens is 1. The number of ketones is 1. The van der Waals surface area contributed by atoms with Crippen molar-refractivity contribution in [3.05, 3.63) is 45.4 Å². The second-order valence-corrected chi connectivity index (χ2v) is 4.63. The van der Waals surface area contributed by atoms with Gasteiger partial charge in [0.2, 0.25) is 5.79 Å². The summed E-state index contributed by atoms with van der Waals surface area (Å²) in [6.45, 7) is 1.76. The number of benzene rings is 1. The van der Waals surface area contributed by atoms with Crippen molar-refractivity contribution in [2.24, 2.45) is 0 Å². The Morgan fingerprint density at radius 3 is 2.35 bits per heavy atom. The molecule has 0 fully saturated rings. The molecule has 0 saturated carbocycles. The van der Waals surface area contributed by atoms with Crippen LogP contribution in [0.15, 0.2) is 34.3 Å². The SMILES string of the molecule is COC1(OC)C(Br)=C(C)C(=O)c2ccccc21. The van der Waals surface area contributed by atoms with E-state index in [0.29, 0.717) is 15.6 Å². The second kappa shape index (κ2) is 4.37. The third kappa shape index (κ3) is 1.59. The first-order valence-corrected chi connectivity index (χ1v) is 5.99. The van der Waals surface area contributed by atoms with E-state index in [9.17, 15) is 4.79 Å². The van der Waals surface area contributed by atoms with E-state index in [2.05, 4.69) is 15.9 Å². The van der Waals surface area contributed by atoms with Crippen LogP contribution >= 0.6 is 15.9 Å². The number of rotatable bonds is 2. The van der Waals surface area contributed by atoms with E-state index in [4.69, 9.17) is 9.47 Å². The van der Waals surface area contributed by atoms with Crippen molar-refractivity contribution >= 4 is 21.7 Å². The lowest BCUT2D eigenvalue weighted by atomic mass is 9.87. The van der Waals surface area contributed by atoms with E-state index in [0.717, 1.165) is 5.56 Å². The van der Waals surface area contributed by atoms with Crippen LogP contribution in [0.4, 0.5) is 0 Å². The summed E-state index contributed by atoms with van der Waals surface area (Å²) in [5.74, 6) is -1.02. The maximum absolute atomic E-state index is 12.1. The molecule has 90 valence electrons. The highest BCUT2D eigenvalue weighted by Crippen LogP contribution is 2.45. The highest BCUT2D eigenvalue weighted by molar-refractivity contribution is 9.11. The fourth-order valence-corrected chi connectivity index (χ4v) is 2.83. The molecule has 1 aromatic carbocycles. The summed E-state index contributed by atoms with van der Waals surface area (Å²) in [5.41, 5.74) is 1.96. The number of carbonyl (C=O) groups is 1. The highest BCUT2D eigenvalue weighted by atomic mass is 79.9. The fourth-order valence-electron chi connectivity index (χ4n) is 2.12. The van der Waals surface area contributed by atoms with Gasteiger partial charge in [-0.1, -0.05) is 24.3 Å². The summed E-state index contributed by atoms with van der Waals surface area (Å²) < 4.78 is 11.6. The molecule has 0 amide bonds. The Hall–Kier alpha value is -0.970. The molecule has 4 heteroatoms. The molecule has 0 N–H and O–H groups in total. The standard InChI is InChI=1S/C13H13BrO3/c1-8-11(15)9-6-4-5-7-10(9)13(16-2,17-3)12(8)14/h4-7H,1-3H3. The fraction of sp³-hybridized carbons (Fsp3) is 0.308. The predicted molar refractivity (Wildman–Crippen MR) is 68.1 cm³/mol. The number of methoxy groups -OCH3 is 2. The number of hydrogen-bond acceptors (Lipinski definition) is 3. The van der Waals surface area contributed by atoms with E-state index in [-0.39, 0.29) is 5.78 Å². The van der Waals surface area contributed by atoms with Gasteiger partial charge < -0.3 is 9.47 Å². The van der Waals surface area contributed by atoms with Gasteiger partial charge in [-0.2, -0.15) is 0 Å². The molecule has 0 heterocycles. The Kier molecular flexibility index (Phi) is 3.21. The molecule has 0 spiro atoms. The van der Waals surface area contributed by atoms with E-state index in [1.807, 2.05) is 18.2 Å². The quantitative estimate of drug-likeness (QED) is 0.787. The summed E-state index contributed by atoms with van der Waals surface area (Å²) in [7, 11) is 3.12. The molecule has 0 bridgehead atoms. The van der Waals surface area contributed by atoms with Crippen molar-refractivity contribution < 1.29 is 14.3 Å². The van der Waals surface area contributed by atoms with Crippen molar-refractivity contribution in [1.82, 2.24) is 0 Å². The minimum Gasteiger partial charge on any atom is -0.345 e. The third-order valence-electron chi connectivity index (χ3n) is 3.06. The summed E-state index contributed by atoms with van der Waals surface area (Å²) in [6.07, 6.45) is 0. The first-order chi connectivity index (χ1) is 8.08. The van der Waals surface area contributed by atoms with Crippen LogP contribution in [0.5, 0.6) is 0 Å². The van der Waals surface area contributed by atoms with Crippen molar-refractivity contribution in [3.8, 4) is 0 Å². The molecule has 3 nitrogen and oxygen atoms in total. The van der Waals surface area contributed by atoms with Crippen LogP contribution < -0.4 is 0 Å². The normalized spacial score (nSPS) is 18.2. The lowest BCUT2D eigenvalue weighted by Crippen LogP contribution is -2.37. The zero-order valence-electron chi connectivity index (χ0n) is 9.91. The maximum atomic E-state index is 12.1. The lowest BCUT2D eigenvalue weighted by molar-refractivity contribution is -0.181. The highest BCUT2D eigenvalue weighted by Gasteiger charge is 2.44. The molecular weight excluding hydrogens is 284 g/mol. The van der Waals surface area contributed by atoms with Gasteiger partial charge in [0.25, 0.3) is 0 Å². The summed E-state index contributed by atoms with van der Waals surface area (Å²) in [4.78, 5) is 12.1. The summed E-state index contributed by atoms with van der Waals surface area (Å²) in [5, 5.41) is 0. The van der Waals surface area contributed by atoms with Crippen LogP contribution in [0, 0.1) is 0 Å². The van der Waals surface area contributed by atoms with Gasteiger partial charge in [0.1, 0.15) is 0 Å². The second-order valence-electron chi connectivity index (χ2n) is 3.84. The first kappa shape index (κ1) is 12.5. The molecular formula is C13H13BrO3. The van der Waals surface area contributed by atoms with Crippen molar-refractivity contribution in [2.75, 3.05) is 14.2 Å². The molecule has 1 aliphatic carbocycles. The van der Waals surface area contributed by atoms with Crippen LogP contribution in [-0.4, -0.2) is 20.0 Å². The molecule has 17 heavy (non-hydrogen) atoms. The maximum Gasteiger partial charge on any atom is 0.229 e. The summed E-state index contributed by atoms with van der Waals surface area (Å²) in [6, 6.07) is 7.32. The van der Waals surface area contributed by atoms with E-state index in [1.54, 1.807) is 27.2 Å². The van der Waals surface area contributed by atoms with E-state index < -0.39 is 5.79 Å². The van der Waals surface area contributed by atoms with Gasteiger partial charge in [-0.3, -0.25) is 4.79 Å². The molecule has 0 aromatic heterocycles. The van der Waals surface area contributed by atoms with Gasteiger partial charge in [-0.15, -0.1) is 0 Å². The van der Waals surface area contributed by atoms with Crippen LogP contribution in [0.25, 0.3) is 0 Å². The lowest BCUT2D eigenvalue weighted by Gasteiger charge is -2.36. The Morgan fingerprint density at radius 2 is 1.76 bits per heavy atom. The Bertz CT molecular complexity index is 501.